The first-order chi connectivity index (χ1) is 12.0. The number of aromatic nitrogens is 2. The van der Waals surface area contributed by atoms with E-state index in [-0.39, 0.29) is 17.8 Å². The molecule has 1 aromatic heterocycles. The molecule has 9 heteroatoms. The molecule has 1 aromatic carbocycles. The monoisotopic (exact) mass is 347 g/mol. The van der Waals surface area contributed by atoms with Gasteiger partial charge < -0.3 is 19.9 Å². The van der Waals surface area contributed by atoms with Crippen LogP contribution in [0.25, 0.3) is 0 Å². The Bertz CT molecular complexity index is 800. The molecule has 25 heavy (non-hydrogen) atoms. The number of methoxy groups -OCH3 is 1. The minimum atomic E-state index is -1.08. The molecule has 9 nitrogen and oxygen atoms in total. The van der Waals surface area contributed by atoms with Crippen LogP contribution in [0.5, 0.6) is 5.75 Å². The Morgan fingerprint density at radius 1 is 1.20 bits per heavy atom. The van der Waals surface area contributed by atoms with Crippen LogP contribution in [0, 0.1) is 0 Å². The minimum Gasteiger partial charge on any atom is -0.482 e. The van der Waals surface area contributed by atoms with E-state index in [4.69, 9.17) is 14.6 Å². The highest BCUT2D eigenvalue weighted by Crippen LogP contribution is 2.16. The van der Waals surface area contributed by atoms with Crippen molar-refractivity contribution in [1.82, 2.24) is 9.78 Å². The van der Waals surface area contributed by atoms with Gasteiger partial charge >= 0.3 is 5.97 Å². The highest BCUT2D eigenvalue weighted by atomic mass is 16.5. The van der Waals surface area contributed by atoms with Crippen molar-refractivity contribution in [2.75, 3.05) is 25.6 Å². The first-order valence-corrected chi connectivity index (χ1v) is 7.32. The van der Waals surface area contributed by atoms with Crippen molar-refractivity contribution in [2.45, 2.75) is 6.54 Å². The van der Waals surface area contributed by atoms with E-state index in [1.165, 1.54) is 31.4 Å². The maximum absolute atomic E-state index is 12.2. The summed E-state index contributed by atoms with van der Waals surface area (Å²) in [5, 5.41) is 15.2. The maximum Gasteiger partial charge on any atom is 0.341 e. The first kappa shape index (κ1) is 18.1. The fourth-order valence-corrected chi connectivity index (χ4v) is 1.88. The number of nitrogens with one attached hydrogen (secondary N) is 1. The zero-order chi connectivity index (χ0) is 18.2. The van der Waals surface area contributed by atoms with Crippen LogP contribution in [0.15, 0.2) is 41.2 Å². The molecule has 0 fully saturated rings. The number of carboxylic acid groups (broad SMARTS) is 1. The topological polar surface area (TPSA) is 120 Å². The van der Waals surface area contributed by atoms with Crippen LogP contribution in [0.3, 0.4) is 0 Å². The van der Waals surface area contributed by atoms with Gasteiger partial charge in [0.1, 0.15) is 11.4 Å². The van der Waals surface area contributed by atoms with Crippen molar-refractivity contribution in [1.29, 1.82) is 0 Å². The number of amides is 1. The van der Waals surface area contributed by atoms with Gasteiger partial charge in [0.05, 0.1) is 13.2 Å². The number of rotatable bonds is 8. The van der Waals surface area contributed by atoms with Crippen LogP contribution in [-0.4, -0.2) is 47.1 Å². The van der Waals surface area contributed by atoms with E-state index in [2.05, 4.69) is 10.4 Å². The van der Waals surface area contributed by atoms with E-state index < -0.39 is 18.5 Å². The third-order valence-electron chi connectivity index (χ3n) is 3.08. The first-order valence-electron chi connectivity index (χ1n) is 7.32. The lowest BCUT2D eigenvalue weighted by Gasteiger charge is -2.08. The van der Waals surface area contributed by atoms with Gasteiger partial charge in [-0.1, -0.05) is 0 Å². The molecule has 2 rings (SSSR count). The summed E-state index contributed by atoms with van der Waals surface area (Å²) in [6, 6.07) is 8.80. The average molecular weight is 347 g/mol. The van der Waals surface area contributed by atoms with Crippen molar-refractivity contribution in [3.05, 3.63) is 52.4 Å². The van der Waals surface area contributed by atoms with Crippen LogP contribution in [0.4, 0.5) is 5.69 Å². The van der Waals surface area contributed by atoms with Crippen molar-refractivity contribution in [3.8, 4) is 5.75 Å². The summed E-state index contributed by atoms with van der Waals surface area (Å²) in [5.41, 5.74) is 0.236. The van der Waals surface area contributed by atoms with Crippen molar-refractivity contribution >= 4 is 17.6 Å². The van der Waals surface area contributed by atoms with Gasteiger partial charge in [0, 0.05) is 18.9 Å². The third-order valence-corrected chi connectivity index (χ3v) is 3.08. The fourth-order valence-electron chi connectivity index (χ4n) is 1.88. The molecule has 2 N–H and O–H groups in total. The van der Waals surface area contributed by atoms with Gasteiger partial charge in [0.15, 0.2) is 6.61 Å². The molecule has 132 valence electrons. The molecular weight excluding hydrogens is 330 g/mol. The Morgan fingerprint density at radius 3 is 2.56 bits per heavy atom. The number of carbonyl (C=O) groups is 2. The summed E-state index contributed by atoms with van der Waals surface area (Å²) >= 11 is 0. The lowest BCUT2D eigenvalue weighted by Crippen LogP contribution is -2.27. The van der Waals surface area contributed by atoms with Gasteiger partial charge in [-0.05, 0) is 30.3 Å². The van der Waals surface area contributed by atoms with Gasteiger partial charge in [-0.15, -0.1) is 0 Å². The molecule has 0 saturated heterocycles. The van der Waals surface area contributed by atoms with Crippen LogP contribution >= 0.6 is 0 Å². The summed E-state index contributed by atoms with van der Waals surface area (Å²) in [6.45, 7) is 0.0977. The lowest BCUT2D eigenvalue weighted by atomic mass is 10.3. The normalized spacial score (nSPS) is 10.3. The molecule has 2 aromatic rings. The number of carboxylic acids is 1. The predicted molar refractivity (Wildman–Crippen MR) is 87.9 cm³/mol. The second-order valence-electron chi connectivity index (χ2n) is 4.93. The van der Waals surface area contributed by atoms with Gasteiger partial charge in [0.25, 0.3) is 11.5 Å². The smallest absolute Gasteiger partial charge is 0.341 e. The number of benzene rings is 1. The number of anilines is 1. The molecule has 0 radical (unpaired) electrons. The Balaban J connectivity index is 2.04. The molecule has 0 spiro atoms. The highest BCUT2D eigenvalue weighted by Gasteiger charge is 2.10. The molecule has 0 aliphatic rings. The molecular formula is C16H17N3O6. The number of nitrogens with zero attached hydrogens (tertiary/aromatic N) is 2. The van der Waals surface area contributed by atoms with Gasteiger partial charge in [0.2, 0.25) is 0 Å². The zero-order valence-electron chi connectivity index (χ0n) is 13.5. The molecule has 0 unspecified atom stereocenters. The summed E-state index contributed by atoms with van der Waals surface area (Å²) in [6.07, 6.45) is 0. The molecule has 0 aliphatic heterocycles. The second-order valence-corrected chi connectivity index (χ2v) is 4.93. The van der Waals surface area contributed by atoms with Gasteiger partial charge in [-0.3, -0.25) is 9.59 Å². The number of hydrogen-bond donors (Lipinski definition) is 2. The SMILES string of the molecule is COCCn1nc(C(=O)Nc2ccc(OCC(=O)O)cc2)ccc1=O. The van der Waals surface area contributed by atoms with Crippen molar-refractivity contribution in [3.63, 3.8) is 0 Å². The standard InChI is InChI=1S/C16H17N3O6/c1-24-9-8-19-14(20)7-6-13(18-19)16(23)17-11-2-4-12(5-3-11)25-10-15(21)22/h2-7H,8-10H2,1H3,(H,17,23)(H,21,22). The second kappa shape index (κ2) is 8.60. The van der Waals surface area contributed by atoms with E-state index in [0.29, 0.717) is 18.0 Å². The Kier molecular flexibility index (Phi) is 6.24. The minimum absolute atomic E-state index is 0.0851. The number of carbonyl (C=O) groups excluding carboxylic acids is 1. The Hall–Kier alpha value is -3.20. The molecule has 1 amide bonds. The lowest BCUT2D eigenvalue weighted by molar-refractivity contribution is -0.139. The van der Waals surface area contributed by atoms with Crippen LogP contribution in [0.2, 0.25) is 0 Å². The zero-order valence-corrected chi connectivity index (χ0v) is 13.5. The van der Waals surface area contributed by atoms with E-state index >= 15 is 0 Å². The summed E-state index contributed by atoms with van der Waals surface area (Å²) in [4.78, 5) is 34.3. The number of aliphatic carboxylic acids is 1. The van der Waals surface area contributed by atoms with Crippen molar-refractivity contribution < 1.29 is 24.2 Å². The maximum atomic E-state index is 12.2. The predicted octanol–water partition coefficient (Wildman–Crippen LogP) is 0.605. The van der Waals surface area contributed by atoms with Crippen molar-refractivity contribution in [2.24, 2.45) is 0 Å². The fraction of sp³-hybridized carbons (Fsp3) is 0.250. The molecule has 0 saturated carbocycles. The van der Waals surface area contributed by atoms with Crippen LogP contribution in [-0.2, 0) is 16.1 Å². The highest BCUT2D eigenvalue weighted by molar-refractivity contribution is 6.02. The van der Waals surface area contributed by atoms with E-state index in [0.717, 1.165) is 4.68 Å². The Morgan fingerprint density at radius 2 is 1.92 bits per heavy atom. The number of ether oxygens (including phenoxy) is 2. The molecule has 0 atom stereocenters. The average Bonchev–Trinajstić information content (AvgIpc) is 2.60. The van der Waals surface area contributed by atoms with E-state index in [1.54, 1.807) is 12.1 Å². The third kappa shape index (κ3) is 5.43. The van der Waals surface area contributed by atoms with Gasteiger partial charge in [-0.25, -0.2) is 9.48 Å². The van der Waals surface area contributed by atoms with Crippen LogP contribution < -0.4 is 15.6 Å². The molecule has 0 bridgehead atoms. The molecule has 1 heterocycles. The summed E-state index contributed by atoms with van der Waals surface area (Å²) in [5.74, 6) is -1.19. The Labute approximate surface area is 142 Å². The van der Waals surface area contributed by atoms with E-state index in [9.17, 15) is 14.4 Å². The molecule has 0 aliphatic carbocycles. The van der Waals surface area contributed by atoms with Gasteiger partial charge in [-0.2, -0.15) is 5.10 Å². The summed E-state index contributed by atoms with van der Waals surface area (Å²) in [7, 11) is 1.51. The van der Waals surface area contributed by atoms with Crippen LogP contribution in [0.1, 0.15) is 10.5 Å². The summed E-state index contributed by atoms with van der Waals surface area (Å²) < 4.78 is 11.1. The quantitative estimate of drug-likeness (QED) is 0.717. The largest absolute Gasteiger partial charge is 0.482 e. The number of hydrogen-bond acceptors (Lipinski definition) is 6. The van der Waals surface area contributed by atoms with E-state index in [1.807, 2.05) is 0 Å².